The quantitative estimate of drug-likeness (QED) is 0.0553. The number of amides is 2. The minimum atomic E-state index is -0.518. The Balaban J connectivity index is 0.859. The van der Waals surface area contributed by atoms with Gasteiger partial charge < -0.3 is 9.47 Å². The molecule has 1 aliphatic heterocycles. The molecule has 48 heavy (non-hydrogen) atoms. The van der Waals surface area contributed by atoms with Crippen molar-refractivity contribution in [2.24, 2.45) is 11.8 Å². The highest BCUT2D eigenvalue weighted by molar-refractivity contribution is 9.10. The van der Waals surface area contributed by atoms with Crippen molar-refractivity contribution in [3.8, 4) is 5.75 Å². The Morgan fingerprint density at radius 3 is 1.71 bits per heavy atom. The molecule has 4 aromatic carbocycles. The summed E-state index contributed by atoms with van der Waals surface area (Å²) in [7, 11) is 0. The van der Waals surface area contributed by atoms with Crippen molar-refractivity contribution < 1.29 is 33.4 Å². The number of hydrogen-bond donors (Lipinski definition) is 0. The molecule has 242 valence electrons. The average molecular weight is 707 g/mol. The van der Waals surface area contributed by atoms with Crippen molar-refractivity contribution in [3.05, 3.63) is 135 Å². The van der Waals surface area contributed by atoms with E-state index in [0.29, 0.717) is 36.9 Å². The second-order valence-corrected chi connectivity index (χ2v) is 13.3. The van der Waals surface area contributed by atoms with E-state index >= 15 is 0 Å². The van der Waals surface area contributed by atoms with Crippen LogP contribution in [0.15, 0.2) is 102 Å². The lowest BCUT2D eigenvalue weighted by Gasteiger charge is -2.45. The first-order valence-corrected chi connectivity index (χ1v) is 16.9. The Hall–Kier alpha value is -4.89. The molecular formula is C39H32BrNO7. The molecule has 0 saturated carbocycles. The highest BCUT2D eigenvalue weighted by atomic mass is 79.9. The van der Waals surface area contributed by atoms with Crippen LogP contribution in [0.25, 0.3) is 0 Å². The number of esters is 2. The van der Waals surface area contributed by atoms with Crippen LogP contribution >= 0.6 is 15.9 Å². The summed E-state index contributed by atoms with van der Waals surface area (Å²) in [4.78, 5) is 66.1. The predicted molar refractivity (Wildman–Crippen MR) is 180 cm³/mol. The summed E-state index contributed by atoms with van der Waals surface area (Å²) in [5, 5.41) is 0. The van der Waals surface area contributed by atoms with Crippen molar-refractivity contribution in [1.82, 2.24) is 4.90 Å². The number of Topliss-reactive ketones (excluding diaryl/α,β-unsaturated/α-hetero) is 1. The Morgan fingerprint density at radius 2 is 1.17 bits per heavy atom. The van der Waals surface area contributed by atoms with Crippen LogP contribution in [-0.2, 0) is 19.1 Å². The number of hydrogen-bond acceptors (Lipinski definition) is 7. The van der Waals surface area contributed by atoms with Gasteiger partial charge in [0.15, 0.2) is 12.4 Å². The lowest BCUT2D eigenvalue weighted by molar-refractivity contribution is -0.143. The number of carbonyl (C=O) groups is 5. The summed E-state index contributed by atoms with van der Waals surface area (Å²) < 4.78 is 11.4. The number of ketones is 1. The first-order chi connectivity index (χ1) is 23.3. The number of imide groups is 1. The molecule has 1 saturated heterocycles. The van der Waals surface area contributed by atoms with Crippen LogP contribution in [0.1, 0.15) is 80.5 Å². The highest BCUT2D eigenvalue weighted by Crippen LogP contribution is 2.60. The minimum absolute atomic E-state index is 0.0993. The molecular weight excluding hydrogens is 674 g/mol. The topological polar surface area (TPSA) is 107 Å². The maximum atomic E-state index is 13.7. The molecule has 8 rings (SSSR count). The van der Waals surface area contributed by atoms with Crippen molar-refractivity contribution in [1.29, 1.82) is 0 Å². The van der Waals surface area contributed by atoms with Gasteiger partial charge >= 0.3 is 11.9 Å². The zero-order chi connectivity index (χ0) is 33.4. The number of unbranched alkanes of at least 4 members (excludes halogenated alkanes) is 2. The smallest absolute Gasteiger partial charge is 0.343 e. The molecule has 2 amide bonds. The largest absolute Gasteiger partial charge is 0.457 e. The van der Waals surface area contributed by atoms with Crippen LogP contribution in [0.5, 0.6) is 5.75 Å². The maximum Gasteiger partial charge on any atom is 0.343 e. The fourth-order valence-corrected chi connectivity index (χ4v) is 7.70. The molecule has 2 bridgehead atoms. The minimum Gasteiger partial charge on any atom is -0.457 e. The third-order valence-electron chi connectivity index (χ3n) is 9.63. The van der Waals surface area contributed by atoms with Gasteiger partial charge in [0.2, 0.25) is 11.8 Å². The van der Waals surface area contributed by atoms with Gasteiger partial charge in [0.1, 0.15) is 5.75 Å². The van der Waals surface area contributed by atoms with E-state index in [1.807, 2.05) is 24.3 Å². The fraction of sp³-hybridized carbons (Fsp3) is 0.256. The van der Waals surface area contributed by atoms with Crippen LogP contribution in [0, 0.1) is 11.8 Å². The zero-order valence-corrected chi connectivity index (χ0v) is 27.6. The molecule has 3 aliphatic carbocycles. The second-order valence-electron chi connectivity index (χ2n) is 12.4. The van der Waals surface area contributed by atoms with Crippen molar-refractivity contribution in [3.63, 3.8) is 0 Å². The van der Waals surface area contributed by atoms with Crippen LogP contribution in [-0.4, -0.2) is 47.6 Å². The highest BCUT2D eigenvalue weighted by Gasteiger charge is 2.61. The summed E-state index contributed by atoms with van der Waals surface area (Å²) in [6.45, 7) is -0.0811. The Bertz CT molecular complexity index is 1800. The summed E-state index contributed by atoms with van der Waals surface area (Å²) in [5.41, 5.74) is 5.32. The van der Waals surface area contributed by atoms with Crippen molar-refractivity contribution in [2.45, 2.75) is 37.5 Å². The van der Waals surface area contributed by atoms with Crippen molar-refractivity contribution >= 4 is 45.5 Å². The van der Waals surface area contributed by atoms with Gasteiger partial charge in [-0.15, -0.1) is 0 Å². The van der Waals surface area contributed by atoms with E-state index in [1.165, 1.54) is 29.2 Å². The van der Waals surface area contributed by atoms with E-state index in [2.05, 4.69) is 40.2 Å². The number of halogens is 1. The summed E-state index contributed by atoms with van der Waals surface area (Å²) in [6, 6.07) is 29.2. The molecule has 0 spiro atoms. The number of nitrogens with zero attached hydrogens (tertiary/aromatic N) is 1. The lowest BCUT2D eigenvalue weighted by atomic mass is 9.55. The third kappa shape index (κ3) is 5.87. The van der Waals surface area contributed by atoms with Gasteiger partial charge in [0, 0.05) is 34.8 Å². The zero-order valence-electron chi connectivity index (χ0n) is 26.0. The van der Waals surface area contributed by atoms with Crippen LogP contribution in [0.2, 0.25) is 0 Å². The van der Waals surface area contributed by atoms with Gasteiger partial charge in [-0.05, 0) is 83.6 Å². The predicted octanol–water partition coefficient (Wildman–Crippen LogP) is 6.85. The molecule has 1 heterocycles. The molecule has 2 unspecified atom stereocenters. The van der Waals surface area contributed by atoms with Gasteiger partial charge in [0.25, 0.3) is 0 Å². The molecule has 8 nitrogen and oxygen atoms in total. The van der Waals surface area contributed by atoms with Crippen LogP contribution < -0.4 is 4.74 Å². The van der Waals surface area contributed by atoms with E-state index in [4.69, 9.17) is 9.47 Å². The molecule has 0 radical (unpaired) electrons. The van der Waals surface area contributed by atoms with Gasteiger partial charge in [-0.2, -0.15) is 0 Å². The summed E-state index contributed by atoms with van der Waals surface area (Å²) in [5.74, 6) is -2.31. The SMILES string of the molecule is O=C(CCCCCN1C(=O)C2C3c4ccccc4C(c4ccccc43)C2C1=O)OCC(=O)c1ccc(OC(=O)c2ccc(Br)cc2)cc1. The van der Waals surface area contributed by atoms with Gasteiger partial charge in [-0.25, -0.2) is 4.79 Å². The third-order valence-corrected chi connectivity index (χ3v) is 10.2. The number of carbonyl (C=O) groups excluding carboxylic acids is 5. The molecule has 9 heteroatoms. The molecule has 0 aromatic heterocycles. The van der Waals surface area contributed by atoms with E-state index in [-0.39, 0.29) is 53.4 Å². The first kappa shape index (κ1) is 31.7. The molecule has 1 fully saturated rings. The van der Waals surface area contributed by atoms with E-state index < -0.39 is 18.5 Å². The second kappa shape index (κ2) is 13.3. The number of benzene rings is 4. The van der Waals surface area contributed by atoms with E-state index in [9.17, 15) is 24.0 Å². The summed E-state index contributed by atoms with van der Waals surface area (Å²) >= 11 is 3.32. The number of rotatable bonds is 11. The van der Waals surface area contributed by atoms with Gasteiger partial charge in [-0.3, -0.25) is 24.1 Å². The van der Waals surface area contributed by atoms with Gasteiger partial charge in [0.05, 0.1) is 17.4 Å². The normalized spacial score (nSPS) is 20.1. The molecule has 4 aromatic rings. The Kier molecular flexibility index (Phi) is 8.79. The standard InChI is InChI=1S/C39H32BrNO7/c40-25-17-13-24(14-18-25)39(46)48-26-19-15-23(16-20-26)31(42)22-47-32(43)12-2-1-7-21-41-37(44)35-33-27-8-3-4-9-28(27)34(36(35)38(41)45)30-11-6-5-10-29(30)33/h3-6,8-11,13-20,33-36H,1-2,7,12,21-22H2. The van der Waals surface area contributed by atoms with Crippen LogP contribution in [0.3, 0.4) is 0 Å². The average Bonchev–Trinajstić information content (AvgIpc) is 3.36. The molecule has 0 N–H and O–H groups in total. The molecule has 4 aliphatic rings. The van der Waals surface area contributed by atoms with E-state index in [0.717, 1.165) is 26.7 Å². The van der Waals surface area contributed by atoms with E-state index in [1.54, 1.807) is 24.3 Å². The summed E-state index contributed by atoms with van der Waals surface area (Å²) in [6.07, 6.45) is 1.84. The van der Waals surface area contributed by atoms with Gasteiger partial charge in [-0.1, -0.05) is 70.9 Å². The number of likely N-dealkylation sites (tertiary alicyclic amines) is 1. The van der Waals surface area contributed by atoms with Crippen LogP contribution in [0.4, 0.5) is 0 Å². The number of ether oxygens (including phenoxy) is 2. The fourth-order valence-electron chi connectivity index (χ4n) is 7.44. The first-order valence-electron chi connectivity index (χ1n) is 16.1. The lowest BCUT2D eigenvalue weighted by Crippen LogP contribution is -2.41. The maximum absolute atomic E-state index is 13.7. The Morgan fingerprint density at radius 1 is 0.646 bits per heavy atom. The monoisotopic (exact) mass is 705 g/mol. The molecule has 2 atom stereocenters. The Labute approximate surface area is 286 Å². The van der Waals surface area contributed by atoms with Crippen molar-refractivity contribution in [2.75, 3.05) is 13.2 Å².